The van der Waals surface area contributed by atoms with E-state index in [1.165, 1.54) is 6.08 Å². The second kappa shape index (κ2) is 8.71. The second-order valence-corrected chi connectivity index (χ2v) is 5.76. The lowest BCUT2D eigenvalue weighted by Crippen LogP contribution is -2.20. The van der Waals surface area contributed by atoms with Crippen LogP contribution in [0.4, 0.5) is 0 Å². The Kier molecular flexibility index (Phi) is 5.89. The zero-order valence-electron chi connectivity index (χ0n) is 15.3. The SMILES string of the molecule is COc1ccccc1CNC(=O)C=Cc1ccc(-n2ccnc2)c(OC)c1. The van der Waals surface area contributed by atoms with E-state index >= 15 is 0 Å². The Morgan fingerprint density at radius 3 is 2.70 bits per heavy atom. The summed E-state index contributed by atoms with van der Waals surface area (Å²) in [6.45, 7) is 0.399. The van der Waals surface area contributed by atoms with E-state index < -0.39 is 0 Å². The number of amides is 1. The van der Waals surface area contributed by atoms with Gasteiger partial charge >= 0.3 is 0 Å². The molecule has 27 heavy (non-hydrogen) atoms. The van der Waals surface area contributed by atoms with Crippen LogP contribution >= 0.6 is 0 Å². The molecular formula is C21H21N3O3. The number of para-hydroxylation sites is 1. The average molecular weight is 363 g/mol. The van der Waals surface area contributed by atoms with Crippen molar-refractivity contribution in [3.63, 3.8) is 0 Å². The molecule has 0 aliphatic rings. The Hall–Kier alpha value is -3.54. The van der Waals surface area contributed by atoms with Gasteiger partial charge in [-0.3, -0.25) is 4.79 Å². The molecule has 0 aliphatic carbocycles. The van der Waals surface area contributed by atoms with Crippen LogP contribution in [0.15, 0.2) is 67.3 Å². The summed E-state index contributed by atoms with van der Waals surface area (Å²) in [6.07, 6.45) is 8.51. The first-order valence-corrected chi connectivity index (χ1v) is 8.45. The van der Waals surface area contributed by atoms with Crippen molar-refractivity contribution in [2.75, 3.05) is 14.2 Å². The lowest BCUT2D eigenvalue weighted by atomic mass is 10.1. The predicted octanol–water partition coefficient (Wildman–Crippen LogP) is 3.22. The van der Waals surface area contributed by atoms with Gasteiger partial charge in [0, 0.05) is 30.6 Å². The molecule has 0 spiro atoms. The van der Waals surface area contributed by atoms with E-state index in [0.717, 1.165) is 22.6 Å². The molecule has 0 radical (unpaired) electrons. The van der Waals surface area contributed by atoms with Crippen LogP contribution in [0, 0.1) is 0 Å². The number of hydrogen-bond donors (Lipinski definition) is 1. The minimum absolute atomic E-state index is 0.182. The first kappa shape index (κ1) is 18.3. The second-order valence-electron chi connectivity index (χ2n) is 5.76. The van der Waals surface area contributed by atoms with Gasteiger partial charge in [-0.25, -0.2) is 4.98 Å². The Labute approximate surface area is 158 Å². The third-order valence-electron chi connectivity index (χ3n) is 4.06. The lowest BCUT2D eigenvalue weighted by Gasteiger charge is -2.10. The van der Waals surface area contributed by atoms with E-state index in [0.29, 0.717) is 12.3 Å². The number of nitrogens with zero attached hydrogens (tertiary/aromatic N) is 2. The van der Waals surface area contributed by atoms with Crippen LogP contribution < -0.4 is 14.8 Å². The van der Waals surface area contributed by atoms with Gasteiger partial charge in [0.25, 0.3) is 0 Å². The minimum Gasteiger partial charge on any atom is -0.496 e. The molecule has 6 nitrogen and oxygen atoms in total. The maximum atomic E-state index is 12.1. The van der Waals surface area contributed by atoms with Crippen molar-refractivity contribution in [2.24, 2.45) is 0 Å². The van der Waals surface area contributed by atoms with Gasteiger partial charge in [-0.1, -0.05) is 24.3 Å². The first-order valence-electron chi connectivity index (χ1n) is 8.45. The van der Waals surface area contributed by atoms with Gasteiger partial charge in [-0.15, -0.1) is 0 Å². The van der Waals surface area contributed by atoms with Crippen molar-refractivity contribution in [3.05, 3.63) is 78.4 Å². The Morgan fingerprint density at radius 1 is 1.15 bits per heavy atom. The number of carbonyl (C=O) groups is 1. The number of methoxy groups -OCH3 is 2. The summed E-state index contributed by atoms with van der Waals surface area (Å²) >= 11 is 0. The van der Waals surface area contributed by atoms with Gasteiger partial charge in [0.05, 0.1) is 26.2 Å². The highest BCUT2D eigenvalue weighted by Crippen LogP contribution is 2.24. The molecular weight excluding hydrogens is 342 g/mol. The van der Waals surface area contributed by atoms with Crippen LogP contribution in [0.3, 0.4) is 0 Å². The van der Waals surface area contributed by atoms with Gasteiger partial charge in [0.1, 0.15) is 11.5 Å². The van der Waals surface area contributed by atoms with Crippen LogP contribution in [0.1, 0.15) is 11.1 Å². The molecule has 0 aliphatic heterocycles. The van der Waals surface area contributed by atoms with Crippen LogP contribution in [0.2, 0.25) is 0 Å². The number of imidazole rings is 1. The number of hydrogen-bond acceptors (Lipinski definition) is 4. The number of carbonyl (C=O) groups excluding carboxylic acids is 1. The number of ether oxygens (including phenoxy) is 2. The zero-order valence-corrected chi connectivity index (χ0v) is 15.3. The summed E-state index contributed by atoms with van der Waals surface area (Å²) in [6, 6.07) is 13.3. The van der Waals surface area contributed by atoms with Gasteiger partial charge in [0.2, 0.25) is 5.91 Å². The molecule has 3 aromatic rings. The summed E-state index contributed by atoms with van der Waals surface area (Å²) in [5.41, 5.74) is 2.67. The van der Waals surface area contributed by atoms with Gasteiger partial charge in [-0.2, -0.15) is 0 Å². The van der Waals surface area contributed by atoms with Gasteiger partial charge < -0.3 is 19.4 Å². The van der Waals surface area contributed by atoms with E-state index in [-0.39, 0.29) is 5.91 Å². The highest BCUT2D eigenvalue weighted by molar-refractivity contribution is 5.91. The van der Waals surface area contributed by atoms with Crippen molar-refractivity contribution in [3.8, 4) is 17.2 Å². The number of rotatable bonds is 7. The summed E-state index contributed by atoms with van der Waals surface area (Å²) in [7, 11) is 3.23. The van der Waals surface area contributed by atoms with Crippen molar-refractivity contribution in [1.82, 2.24) is 14.9 Å². The maximum Gasteiger partial charge on any atom is 0.244 e. The minimum atomic E-state index is -0.182. The Bertz CT molecular complexity index is 934. The lowest BCUT2D eigenvalue weighted by molar-refractivity contribution is -0.116. The summed E-state index contributed by atoms with van der Waals surface area (Å²) in [5, 5.41) is 2.86. The molecule has 1 heterocycles. The Morgan fingerprint density at radius 2 is 1.96 bits per heavy atom. The summed E-state index contributed by atoms with van der Waals surface area (Å²) < 4.78 is 12.6. The highest BCUT2D eigenvalue weighted by Gasteiger charge is 2.06. The maximum absolute atomic E-state index is 12.1. The molecule has 3 rings (SSSR count). The van der Waals surface area contributed by atoms with E-state index in [4.69, 9.17) is 9.47 Å². The predicted molar refractivity (Wildman–Crippen MR) is 104 cm³/mol. The smallest absolute Gasteiger partial charge is 0.244 e. The van der Waals surface area contributed by atoms with Gasteiger partial charge in [0.15, 0.2) is 0 Å². The molecule has 6 heteroatoms. The van der Waals surface area contributed by atoms with E-state index in [1.54, 1.807) is 32.8 Å². The fourth-order valence-electron chi connectivity index (χ4n) is 2.67. The van der Waals surface area contributed by atoms with Crippen LogP contribution in [0.25, 0.3) is 11.8 Å². The molecule has 1 aromatic heterocycles. The molecule has 138 valence electrons. The molecule has 1 N–H and O–H groups in total. The molecule has 0 saturated heterocycles. The third-order valence-corrected chi connectivity index (χ3v) is 4.06. The van der Waals surface area contributed by atoms with Crippen molar-refractivity contribution in [1.29, 1.82) is 0 Å². The topological polar surface area (TPSA) is 65.4 Å². The zero-order chi connectivity index (χ0) is 19.1. The summed E-state index contributed by atoms with van der Waals surface area (Å²) in [5.74, 6) is 1.27. The summed E-state index contributed by atoms with van der Waals surface area (Å²) in [4.78, 5) is 16.2. The van der Waals surface area contributed by atoms with Crippen LogP contribution in [-0.4, -0.2) is 29.7 Å². The van der Waals surface area contributed by atoms with Crippen molar-refractivity contribution >= 4 is 12.0 Å². The van der Waals surface area contributed by atoms with Crippen molar-refractivity contribution in [2.45, 2.75) is 6.54 Å². The monoisotopic (exact) mass is 363 g/mol. The first-order chi connectivity index (χ1) is 13.2. The molecule has 0 atom stereocenters. The normalized spacial score (nSPS) is 10.7. The molecule has 0 saturated carbocycles. The number of nitrogens with one attached hydrogen (secondary N) is 1. The third kappa shape index (κ3) is 4.55. The quantitative estimate of drug-likeness (QED) is 0.655. The highest BCUT2D eigenvalue weighted by atomic mass is 16.5. The van der Waals surface area contributed by atoms with Gasteiger partial charge in [-0.05, 0) is 29.8 Å². The molecule has 1 amide bonds. The van der Waals surface area contributed by atoms with Crippen molar-refractivity contribution < 1.29 is 14.3 Å². The number of benzene rings is 2. The molecule has 2 aromatic carbocycles. The Balaban J connectivity index is 1.66. The number of aromatic nitrogens is 2. The van der Waals surface area contributed by atoms with E-state index in [9.17, 15) is 4.79 Å². The van der Waals surface area contributed by atoms with E-state index in [2.05, 4.69) is 10.3 Å². The molecule has 0 fully saturated rings. The average Bonchev–Trinajstić information content (AvgIpc) is 3.25. The molecule has 0 unspecified atom stereocenters. The fourth-order valence-corrected chi connectivity index (χ4v) is 2.67. The van der Waals surface area contributed by atoms with E-state index in [1.807, 2.05) is 53.2 Å². The standard InChI is InChI=1S/C21H21N3O3/c1-26-19-6-4-3-5-17(19)14-23-21(25)10-8-16-7-9-18(20(13-16)27-2)24-12-11-22-15-24/h3-13,15H,14H2,1-2H3,(H,23,25). The van der Waals surface area contributed by atoms with Crippen LogP contribution in [-0.2, 0) is 11.3 Å². The van der Waals surface area contributed by atoms with Crippen LogP contribution in [0.5, 0.6) is 11.5 Å². The fraction of sp³-hybridized carbons (Fsp3) is 0.143. The largest absolute Gasteiger partial charge is 0.496 e. The molecule has 0 bridgehead atoms.